The first kappa shape index (κ1) is 15.0. The van der Waals surface area contributed by atoms with Crippen LogP contribution >= 0.6 is 15.9 Å². The van der Waals surface area contributed by atoms with Crippen molar-refractivity contribution in [3.05, 3.63) is 51.6 Å². The standard InChI is InChI=1S/C16H19BrN2O/c1-4-18-9-13-8-14(17)10-19-16(13)20-15-7-5-6-11(2)12(15)3/h5-8,10,18H,4,9H2,1-3H3. The summed E-state index contributed by atoms with van der Waals surface area (Å²) in [5.41, 5.74) is 3.40. The van der Waals surface area contributed by atoms with E-state index in [1.54, 1.807) is 6.20 Å². The monoisotopic (exact) mass is 334 g/mol. The molecule has 1 aromatic heterocycles. The molecule has 0 aliphatic carbocycles. The van der Waals surface area contributed by atoms with Gasteiger partial charge in [0.2, 0.25) is 5.88 Å². The molecule has 1 N–H and O–H groups in total. The molecular formula is C16H19BrN2O. The van der Waals surface area contributed by atoms with Crippen LogP contribution < -0.4 is 10.1 Å². The number of hydrogen-bond acceptors (Lipinski definition) is 3. The van der Waals surface area contributed by atoms with E-state index < -0.39 is 0 Å². The molecule has 4 heteroatoms. The number of nitrogens with one attached hydrogen (secondary N) is 1. The Morgan fingerprint density at radius 1 is 1.30 bits per heavy atom. The first-order chi connectivity index (χ1) is 9.61. The zero-order valence-electron chi connectivity index (χ0n) is 12.0. The van der Waals surface area contributed by atoms with Gasteiger partial charge >= 0.3 is 0 Å². The minimum absolute atomic E-state index is 0.655. The Hall–Kier alpha value is -1.39. The SMILES string of the molecule is CCNCc1cc(Br)cnc1Oc1cccc(C)c1C. The number of halogens is 1. The van der Waals surface area contributed by atoms with Crippen molar-refractivity contribution < 1.29 is 4.74 Å². The van der Waals surface area contributed by atoms with E-state index in [4.69, 9.17) is 4.74 Å². The lowest BCUT2D eigenvalue weighted by Gasteiger charge is -2.13. The molecule has 1 heterocycles. The van der Waals surface area contributed by atoms with E-state index >= 15 is 0 Å². The van der Waals surface area contributed by atoms with E-state index in [1.807, 2.05) is 18.2 Å². The average Bonchev–Trinajstić information content (AvgIpc) is 2.44. The highest BCUT2D eigenvalue weighted by Crippen LogP contribution is 2.29. The largest absolute Gasteiger partial charge is 0.438 e. The fourth-order valence-corrected chi connectivity index (χ4v) is 2.26. The minimum Gasteiger partial charge on any atom is -0.438 e. The van der Waals surface area contributed by atoms with Gasteiger partial charge in [-0.1, -0.05) is 19.1 Å². The second-order valence-electron chi connectivity index (χ2n) is 4.70. The number of nitrogens with zero attached hydrogens (tertiary/aromatic N) is 1. The summed E-state index contributed by atoms with van der Waals surface area (Å²) in [6.45, 7) is 7.87. The van der Waals surface area contributed by atoms with Crippen molar-refractivity contribution in [2.45, 2.75) is 27.3 Å². The molecule has 0 saturated heterocycles. The van der Waals surface area contributed by atoms with Crippen molar-refractivity contribution in [1.82, 2.24) is 10.3 Å². The first-order valence-corrected chi connectivity index (χ1v) is 7.50. The van der Waals surface area contributed by atoms with Gasteiger partial charge in [0.15, 0.2) is 0 Å². The predicted octanol–water partition coefficient (Wildman–Crippen LogP) is 4.36. The van der Waals surface area contributed by atoms with E-state index in [0.29, 0.717) is 5.88 Å². The summed E-state index contributed by atoms with van der Waals surface area (Å²) < 4.78 is 6.96. The fourth-order valence-electron chi connectivity index (χ4n) is 1.89. The second-order valence-corrected chi connectivity index (χ2v) is 5.61. The van der Waals surface area contributed by atoms with E-state index in [9.17, 15) is 0 Å². The maximum Gasteiger partial charge on any atom is 0.223 e. The Balaban J connectivity index is 2.30. The molecule has 0 saturated carbocycles. The summed E-state index contributed by atoms with van der Waals surface area (Å²) in [6, 6.07) is 8.09. The van der Waals surface area contributed by atoms with Crippen LogP contribution in [0.5, 0.6) is 11.6 Å². The molecule has 20 heavy (non-hydrogen) atoms. The van der Waals surface area contributed by atoms with Crippen molar-refractivity contribution >= 4 is 15.9 Å². The second kappa shape index (κ2) is 6.86. The highest BCUT2D eigenvalue weighted by molar-refractivity contribution is 9.10. The van der Waals surface area contributed by atoms with Gasteiger partial charge in [0.25, 0.3) is 0 Å². The smallest absolute Gasteiger partial charge is 0.223 e. The zero-order chi connectivity index (χ0) is 14.5. The number of ether oxygens (including phenoxy) is 1. The van der Waals surface area contributed by atoms with Crippen molar-refractivity contribution in [1.29, 1.82) is 0 Å². The lowest BCUT2D eigenvalue weighted by Crippen LogP contribution is -2.13. The van der Waals surface area contributed by atoms with E-state index in [1.165, 1.54) is 5.56 Å². The van der Waals surface area contributed by atoms with Gasteiger partial charge in [-0.3, -0.25) is 0 Å². The predicted molar refractivity (Wildman–Crippen MR) is 85.3 cm³/mol. The third-order valence-corrected chi connectivity index (χ3v) is 3.65. The lowest BCUT2D eigenvalue weighted by atomic mass is 10.1. The molecule has 0 amide bonds. The molecule has 3 nitrogen and oxygen atoms in total. The first-order valence-electron chi connectivity index (χ1n) is 6.71. The van der Waals surface area contributed by atoms with E-state index in [0.717, 1.165) is 34.4 Å². The van der Waals surface area contributed by atoms with Gasteiger partial charge in [0.05, 0.1) is 0 Å². The van der Waals surface area contributed by atoms with Gasteiger partial charge in [-0.25, -0.2) is 4.98 Å². The molecule has 0 spiro atoms. The summed E-state index contributed by atoms with van der Waals surface area (Å²) >= 11 is 3.45. The maximum atomic E-state index is 6.00. The molecule has 0 atom stereocenters. The Morgan fingerprint density at radius 3 is 2.85 bits per heavy atom. The number of benzene rings is 1. The van der Waals surface area contributed by atoms with Crippen molar-refractivity contribution in [3.63, 3.8) is 0 Å². The van der Waals surface area contributed by atoms with Crippen molar-refractivity contribution in [3.8, 4) is 11.6 Å². The molecular weight excluding hydrogens is 316 g/mol. The average molecular weight is 335 g/mol. The van der Waals surface area contributed by atoms with E-state index in [2.05, 4.69) is 53.1 Å². The molecule has 0 fully saturated rings. The molecule has 0 radical (unpaired) electrons. The highest BCUT2D eigenvalue weighted by atomic mass is 79.9. The maximum absolute atomic E-state index is 6.00. The fraction of sp³-hybridized carbons (Fsp3) is 0.312. The van der Waals surface area contributed by atoms with E-state index in [-0.39, 0.29) is 0 Å². The Bertz CT molecular complexity index is 599. The molecule has 0 bridgehead atoms. The molecule has 1 aromatic carbocycles. The van der Waals surface area contributed by atoms with Crippen molar-refractivity contribution in [2.75, 3.05) is 6.54 Å². The number of pyridine rings is 1. The molecule has 106 valence electrons. The summed E-state index contributed by atoms with van der Waals surface area (Å²) in [5.74, 6) is 1.51. The highest BCUT2D eigenvalue weighted by Gasteiger charge is 2.09. The van der Waals surface area contributed by atoms with Crippen LogP contribution in [0.25, 0.3) is 0 Å². The quantitative estimate of drug-likeness (QED) is 0.881. The molecule has 0 unspecified atom stereocenters. The van der Waals surface area contributed by atoms with Crippen molar-refractivity contribution in [2.24, 2.45) is 0 Å². The van der Waals surface area contributed by atoms with Gasteiger partial charge in [-0.05, 0) is 59.6 Å². The van der Waals surface area contributed by atoms with Gasteiger partial charge in [-0.15, -0.1) is 0 Å². The summed E-state index contributed by atoms with van der Waals surface area (Å²) in [7, 11) is 0. The minimum atomic E-state index is 0.655. The van der Waals surface area contributed by atoms with Crippen LogP contribution in [-0.4, -0.2) is 11.5 Å². The molecule has 2 rings (SSSR count). The molecule has 0 aliphatic heterocycles. The van der Waals surface area contributed by atoms with Crippen LogP contribution in [0, 0.1) is 13.8 Å². The Kier molecular flexibility index (Phi) is 5.15. The molecule has 2 aromatic rings. The zero-order valence-corrected chi connectivity index (χ0v) is 13.6. The Morgan fingerprint density at radius 2 is 2.10 bits per heavy atom. The van der Waals surface area contributed by atoms with Crippen LogP contribution in [0.15, 0.2) is 34.9 Å². The number of aryl methyl sites for hydroxylation is 1. The van der Waals surface area contributed by atoms with Crippen LogP contribution in [0.2, 0.25) is 0 Å². The van der Waals surface area contributed by atoms with Gasteiger partial charge in [0.1, 0.15) is 5.75 Å². The lowest BCUT2D eigenvalue weighted by molar-refractivity contribution is 0.449. The summed E-state index contributed by atoms with van der Waals surface area (Å²) in [4.78, 5) is 4.39. The van der Waals surface area contributed by atoms with Crippen LogP contribution in [0.1, 0.15) is 23.6 Å². The molecule has 0 aliphatic rings. The van der Waals surface area contributed by atoms with Gasteiger partial charge in [0, 0.05) is 22.8 Å². The number of hydrogen-bond donors (Lipinski definition) is 1. The topological polar surface area (TPSA) is 34.2 Å². The van der Waals surface area contributed by atoms with Gasteiger partial charge < -0.3 is 10.1 Å². The number of rotatable bonds is 5. The van der Waals surface area contributed by atoms with Crippen LogP contribution in [0.4, 0.5) is 0 Å². The summed E-state index contributed by atoms with van der Waals surface area (Å²) in [6.07, 6.45) is 1.76. The van der Waals surface area contributed by atoms with Crippen LogP contribution in [-0.2, 0) is 6.54 Å². The third kappa shape index (κ3) is 3.58. The van der Waals surface area contributed by atoms with Crippen LogP contribution in [0.3, 0.4) is 0 Å². The van der Waals surface area contributed by atoms with Gasteiger partial charge in [-0.2, -0.15) is 0 Å². The summed E-state index contributed by atoms with van der Waals surface area (Å²) in [5, 5.41) is 3.30. The number of aromatic nitrogens is 1. The normalized spacial score (nSPS) is 10.6. The Labute approximate surface area is 128 Å². The third-order valence-electron chi connectivity index (χ3n) is 3.22.